The minimum atomic E-state index is -0.468. The molecule has 134 valence electrons. The fraction of sp³-hybridized carbons (Fsp3) is 0.222. The third-order valence-electron chi connectivity index (χ3n) is 3.63. The molecule has 0 saturated heterocycles. The number of nitro groups is 1. The molecule has 0 saturated carbocycles. The summed E-state index contributed by atoms with van der Waals surface area (Å²) >= 11 is 0. The molecule has 2 aromatic carbocycles. The zero-order valence-corrected chi connectivity index (χ0v) is 14.3. The van der Waals surface area contributed by atoms with Gasteiger partial charge in [0.2, 0.25) is 5.82 Å². The Morgan fingerprint density at radius 3 is 2.62 bits per heavy atom. The van der Waals surface area contributed by atoms with Gasteiger partial charge in [0, 0.05) is 11.1 Å². The van der Waals surface area contributed by atoms with Crippen LogP contribution in [0.1, 0.15) is 18.4 Å². The molecule has 0 N–H and O–H groups in total. The van der Waals surface area contributed by atoms with Crippen molar-refractivity contribution < 1.29 is 18.9 Å². The van der Waals surface area contributed by atoms with Gasteiger partial charge in [0.15, 0.2) is 12.4 Å². The molecule has 0 amide bonds. The van der Waals surface area contributed by atoms with Crippen LogP contribution >= 0.6 is 0 Å². The number of aromatic nitrogens is 2. The fourth-order valence-corrected chi connectivity index (χ4v) is 2.42. The van der Waals surface area contributed by atoms with E-state index in [4.69, 9.17) is 14.0 Å². The summed E-state index contributed by atoms with van der Waals surface area (Å²) in [7, 11) is 0. The number of nitro benzene ring substituents is 1. The number of para-hydroxylation sites is 1. The summed E-state index contributed by atoms with van der Waals surface area (Å²) in [5.41, 5.74) is 1.22. The quantitative estimate of drug-likeness (QED) is 0.467. The Morgan fingerprint density at radius 1 is 1.15 bits per heavy atom. The number of hydrogen-bond donors (Lipinski definition) is 0. The van der Waals surface area contributed by atoms with Crippen molar-refractivity contribution in [1.82, 2.24) is 10.1 Å². The van der Waals surface area contributed by atoms with Crippen LogP contribution in [0.25, 0.3) is 11.4 Å². The number of rotatable bonds is 7. The van der Waals surface area contributed by atoms with Crippen molar-refractivity contribution in [2.24, 2.45) is 0 Å². The third kappa shape index (κ3) is 3.80. The first-order valence-corrected chi connectivity index (χ1v) is 8.01. The van der Waals surface area contributed by atoms with Gasteiger partial charge in [-0.2, -0.15) is 4.98 Å². The van der Waals surface area contributed by atoms with E-state index < -0.39 is 4.92 Å². The second kappa shape index (κ2) is 7.64. The second-order valence-electron chi connectivity index (χ2n) is 5.44. The van der Waals surface area contributed by atoms with Gasteiger partial charge in [0.05, 0.1) is 11.5 Å². The summed E-state index contributed by atoms with van der Waals surface area (Å²) in [6.45, 7) is 4.10. The molecule has 0 aliphatic carbocycles. The predicted molar refractivity (Wildman–Crippen MR) is 93.1 cm³/mol. The van der Waals surface area contributed by atoms with Gasteiger partial charge in [-0.15, -0.1) is 0 Å². The first-order chi connectivity index (χ1) is 12.6. The van der Waals surface area contributed by atoms with Gasteiger partial charge < -0.3 is 14.0 Å². The minimum absolute atomic E-state index is 0.0612. The summed E-state index contributed by atoms with van der Waals surface area (Å²) in [6, 6.07) is 12.2. The van der Waals surface area contributed by atoms with Crippen molar-refractivity contribution in [2.75, 3.05) is 6.61 Å². The maximum atomic E-state index is 11.2. The Hall–Kier alpha value is -3.42. The van der Waals surface area contributed by atoms with E-state index >= 15 is 0 Å². The molecule has 1 aromatic heterocycles. The molecule has 0 bridgehead atoms. The maximum absolute atomic E-state index is 11.2. The van der Waals surface area contributed by atoms with Crippen molar-refractivity contribution in [3.8, 4) is 22.9 Å². The van der Waals surface area contributed by atoms with Crippen LogP contribution in [0.15, 0.2) is 47.0 Å². The van der Waals surface area contributed by atoms with Gasteiger partial charge in [-0.1, -0.05) is 17.3 Å². The highest BCUT2D eigenvalue weighted by Gasteiger charge is 2.19. The summed E-state index contributed by atoms with van der Waals surface area (Å²) < 4.78 is 16.1. The smallest absolute Gasteiger partial charge is 0.313 e. The molecule has 0 radical (unpaired) electrons. The Morgan fingerprint density at radius 2 is 1.92 bits per heavy atom. The summed E-state index contributed by atoms with van der Waals surface area (Å²) in [5.74, 6) is 1.56. The van der Waals surface area contributed by atoms with Gasteiger partial charge in [0.1, 0.15) is 5.75 Å². The minimum Gasteiger partial charge on any atom is -0.494 e. The van der Waals surface area contributed by atoms with Crippen LogP contribution < -0.4 is 9.47 Å². The Kier molecular flexibility index (Phi) is 5.12. The number of ether oxygens (including phenoxy) is 2. The lowest BCUT2D eigenvalue weighted by Gasteiger charge is -2.05. The molecule has 0 fully saturated rings. The van der Waals surface area contributed by atoms with Gasteiger partial charge in [-0.25, -0.2) is 0 Å². The standard InChI is InChI=1S/C18H17N3O5/c1-3-24-14-9-7-13(8-10-14)18-19-16(26-20-18)11-25-15-6-4-5-12(2)17(15)21(22)23/h4-10H,3,11H2,1-2H3. The molecule has 8 nitrogen and oxygen atoms in total. The highest BCUT2D eigenvalue weighted by atomic mass is 16.6. The highest BCUT2D eigenvalue weighted by molar-refractivity contribution is 5.55. The molecule has 1 heterocycles. The molecule has 0 aliphatic rings. The number of benzene rings is 2. The highest BCUT2D eigenvalue weighted by Crippen LogP contribution is 2.30. The van der Waals surface area contributed by atoms with E-state index in [1.54, 1.807) is 19.1 Å². The number of nitrogens with zero attached hydrogens (tertiary/aromatic N) is 3. The first-order valence-electron chi connectivity index (χ1n) is 8.01. The monoisotopic (exact) mass is 355 g/mol. The molecule has 0 spiro atoms. The average molecular weight is 355 g/mol. The van der Waals surface area contributed by atoms with E-state index in [-0.39, 0.29) is 23.9 Å². The van der Waals surface area contributed by atoms with Crippen LogP contribution in [0.3, 0.4) is 0 Å². The molecule has 0 unspecified atom stereocenters. The predicted octanol–water partition coefficient (Wildman–Crippen LogP) is 3.93. The zero-order valence-electron chi connectivity index (χ0n) is 14.3. The molecule has 8 heteroatoms. The SMILES string of the molecule is CCOc1ccc(-c2noc(COc3cccc(C)c3[N+](=O)[O-])n2)cc1. The van der Waals surface area contributed by atoms with E-state index in [2.05, 4.69) is 10.1 Å². The van der Waals surface area contributed by atoms with E-state index in [0.717, 1.165) is 11.3 Å². The lowest BCUT2D eigenvalue weighted by molar-refractivity contribution is -0.386. The Labute approximate surface area is 149 Å². The number of hydrogen-bond acceptors (Lipinski definition) is 7. The average Bonchev–Trinajstić information content (AvgIpc) is 3.09. The van der Waals surface area contributed by atoms with Crippen LogP contribution in [0.4, 0.5) is 5.69 Å². The van der Waals surface area contributed by atoms with Gasteiger partial charge >= 0.3 is 5.69 Å². The van der Waals surface area contributed by atoms with Gasteiger partial charge in [-0.05, 0) is 44.2 Å². The summed E-state index contributed by atoms with van der Waals surface area (Å²) in [6.07, 6.45) is 0. The molecular weight excluding hydrogens is 338 g/mol. The lowest BCUT2D eigenvalue weighted by Crippen LogP contribution is -2.00. The van der Waals surface area contributed by atoms with E-state index in [1.807, 2.05) is 31.2 Å². The van der Waals surface area contributed by atoms with Crippen molar-refractivity contribution >= 4 is 5.69 Å². The molecule has 3 aromatic rings. The summed E-state index contributed by atoms with van der Waals surface area (Å²) in [5, 5.41) is 15.1. The van der Waals surface area contributed by atoms with Crippen molar-refractivity contribution in [3.63, 3.8) is 0 Å². The molecular formula is C18H17N3O5. The molecule has 0 atom stereocenters. The molecule has 3 rings (SSSR count). The summed E-state index contributed by atoms with van der Waals surface area (Å²) in [4.78, 5) is 15.0. The molecule has 0 aliphatic heterocycles. The van der Waals surface area contributed by atoms with Crippen molar-refractivity contribution in [3.05, 3.63) is 64.0 Å². The normalized spacial score (nSPS) is 10.5. The fourth-order valence-electron chi connectivity index (χ4n) is 2.42. The lowest BCUT2D eigenvalue weighted by atomic mass is 10.2. The van der Waals surface area contributed by atoms with Crippen LogP contribution in [-0.4, -0.2) is 21.7 Å². The van der Waals surface area contributed by atoms with Crippen LogP contribution in [-0.2, 0) is 6.61 Å². The van der Waals surface area contributed by atoms with E-state index in [1.165, 1.54) is 6.07 Å². The van der Waals surface area contributed by atoms with Gasteiger partial charge in [0.25, 0.3) is 5.89 Å². The topological polar surface area (TPSA) is 101 Å². The molecule has 26 heavy (non-hydrogen) atoms. The van der Waals surface area contributed by atoms with Crippen molar-refractivity contribution in [1.29, 1.82) is 0 Å². The van der Waals surface area contributed by atoms with Crippen LogP contribution in [0.5, 0.6) is 11.5 Å². The Bertz CT molecular complexity index is 905. The van der Waals surface area contributed by atoms with E-state index in [0.29, 0.717) is 18.0 Å². The van der Waals surface area contributed by atoms with Crippen LogP contribution in [0.2, 0.25) is 0 Å². The van der Waals surface area contributed by atoms with Crippen molar-refractivity contribution in [2.45, 2.75) is 20.5 Å². The van der Waals surface area contributed by atoms with Gasteiger partial charge in [-0.3, -0.25) is 10.1 Å². The van der Waals surface area contributed by atoms with E-state index in [9.17, 15) is 10.1 Å². The third-order valence-corrected chi connectivity index (χ3v) is 3.63. The maximum Gasteiger partial charge on any atom is 0.313 e. The number of aryl methyl sites for hydroxylation is 1. The second-order valence-corrected chi connectivity index (χ2v) is 5.44. The zero-order chi connectivity index (χ0) is 18.5. The van der Waals surface area contributed by atoms with Crippen LogP contribution in [0, 0.1) is 17.0 Å². The largest absolute Gasteiger partial charge is 0.494 e. The Balaban J connectivity index is 1.71. The first kappa shape index (κ1) is 17.4.